The van der Waals surface area contributed by atoms with Gasteiger partial charge in [0.25, 0.3) is 0 Å². The summed E-state index contributed by atoms with van der Waals surface area (Å²) in [6.45, 7) is 4.06. The molecule has 3 aromatic rings. The molecule has 28 heavy (non-hydrogen) atoms. The second-order valence-electron chi connectivity index (χ2n) is 7.09. The van der Waals surface area contributed by atoms with Crippen LogP contribution in [0.1, 0.15) is 29.6 Å². The van der Waals surface area contributed by atoms with Gasteiger partial charge in [0.15, 0.2) is 0 Å². The van der Waals surface area contributed by atoms with Crippen molar-refractivity contribution in [3.63, 3.8) is 0 Å². The number of aromatic nitrogens is 4. The number of imidazole rings is 1. The molecule has 3 heterocycles. The van der Waals surface area contributed by atoms with Crippen molar-refractivity contribution in [2.24, 2.45) is 7.05 Å². The molecule has 0 N–H and O–H groups in total. The molecule has 0 atom stereocenters. The number of aryl methyl sites for hydroxylation is 4. The van der Waals surface area contributed by atoms with E-state index in [1.807, 2.05) is 24.2 Å². The number of nitro groups is 1. The van der Waals surface area contributed by atoms with E-state index in [2.05, 4.69) is 38.9 Å². The lowest BCUT2D eigenvalue weighted by atomic mass is 10.1. The molecule has 0 fully saturated rings. The molecule has 146 valence electrons. The summed E-state index contributed by atoms with van der Waals surface area (Å²) >= 11 is 0. The van der Waals surface area contributed by atoms with Crippen LogP contribution in [0, 0.1) is 10.1 Å². The van der Waals surface area contributed by atoms with Gasteiger partial charge in [-0.05, 0) is 18.4 Å². The highest BCUT2D eigenvalue weighted by Gasteiger charge is 2.32. The summed E-state index contributed by atoms with van der Waals surface area (Å²) in [7, 11) is 1.77. The monoisotopic (exact) mass is 380 g/mol. The first-order valence-electron chi connectivity index (χ1n) is 9.60. The minimum atomic E-state index is -0.310. The van der Waals surface area contributed by atoms with Crippen molar-refractivity contribution in [1.29, 1.82) is 0 Å². The molecule has 1 aromatic carbocycles. The highest BCUT2D eigenvalue weighted by atomic mass is 16.6. The van der Waals surface area contributed by atoms with Crippen LogP contribution < -0.4 is 4.90 Å². The molecule has 8 nitrogen and oxygen atoms in total. The molecule has 0 spiro atoms. The zero-order valence-corrected chi connectivity index (χ0v) is 16.2. The summed E-state index contributed by atoms with van der Waals surface area (Å²) in [6, 6.07) is 10.4. The van der Waals surface area contributed by atoms with E-state index in [1.54, 1.807) is 11.7 Å². The average Bonchev–Trinajstić information content (AvgIpc) is 3.27. The van der Waals surface area contributed by atoms with Gasteiger partial charge in [0.2, 0.25) is 5.82 Å². The molecule has 2 aromatic heterocycles. The quantitative estimate of drug-likeness (QED) is 0.485. The number of hydrogen-bond acceptors (Lipinski definition) is 5. The van der Waals surface area contributed by atoms with Crippen molar-refractivity contribution in [2.75, 3.05) is 11.4 Å². The van der Waals surface area contributed by atoms with Gasteiger partial charge < -0.3 is 9.47 Å². The summed E-state index contributed by atoms with van der Waals surface area (Å²) in [5.74, 6) is 0.575. The topological polar surface area (TPSA) is 82.0 Å². The van der Waals surface area contributed by atoms with Gasteiger partial charge in [0.05, 0.1) is 23.5 Å². The average molecular weight is 380 g/mol. The maximum Gasteiger partial charge on any atom is 0.334 e. The fraction of sp³-hybridized carbons (Fsp3) is 0.400. The third-order valence-corrected chi connectivity index (χ3v) is 5.36. The van der Waals surface area contributed by atoms with Crippen molar-refractivity contribution in [1.82, 2.24) is 19.3 Å². The zero-order valence-electron chi connectivity index (χ0n) is 16.2. The molecule has 4 rings (SSSR count). The number of nitrogens with zero attached hydrogens (tertiary/aromatic N) is 6. The molecular weight excluding hydrogens is 356 g/mol. The van der Waals surface area contributed by atoms with E-state index in [0.29, 0.717) is 31.0 Å². The van der Waals surface area contributed by atoms with Crippen LogP contribution in [0.5, 0.6) is 0 Å². The van der Waals surface area contributed by atoms with E-state index in [0.717, 1.165) is 25.1 Å². The minimum absolute atomic E-state index is 0.122. The smallest absolute Gasteiger partial charge is 0.334 e. The number of anilines is 1. The van der Waals surface area contributed by atoms with Crippen molar-refractivity contribution < 1.29 is 4.92 Å². The van der Waals surface area contributed by atoms with Crippen molar-refractivity contribution in [2.45, 2.75) is 39.3 Å². The van der Waals surface area contributed by atoms with Crippen LogP contribution in [-0.2, 0) is 39.4 Å². The van der Waals surface area contributed by atoms with Gasteiger partial charge in [-0.1, -0.05) is 37.3 Å². The maximum absolute atomic E-state index is 11.6. The number of benzene rings is 1. The standard InChI is InChI=1S/C20H24N6O2/c1-3-16-19(26(27)28)20(23(2)22-16)24-12-10-18-17(13-24)21-14-25(18)11-9-15-7-5-4-6-8-15/h4-8,14H,3,9-13H2,1-2H3. The molecule has 0 aliphatic carbocycles. The van der Waals surface area contributed by atoms with Crippen LogP contribution in [0.3, 0.4) is 0 Å². The van der Waals surface area contributed by atoms with Crippen LogP contribution >= 0.6 is 0 Å². The highest BCUT2D eigenvalue weighted by Crippen LogP contribution is 2.34. The van der Waals surface area contributed by atoms with E-state index in [9.17, 15) is 10.1 Å². The van der Waals surface area contributed by atoms with Crippen molar-refractivity contribution in [3.05, 3.63) is 69.4 Å². The second kappa shape index (κ2) is 7.46. The van der Waals surface area contributed by atoms with Crippen LogP contribution in [0.4, 0.5) is 11.5 Å². The Labute approximate surface area is 163 Å². The van der Waals surface area contributed by atoms with E-state index in [-0.39, 0.29) is 10.6 Å². The van der Waals surface area contributed by atoms with Gasteiger partial charge in [-0.25, -0.2) is 9.67 Å². The fourth-order valence-corrected chi connectivity index (χ4v) is 3.98. The summed E-state index contributed by atoms with van der Waals surface area (Å²) in [4.78, 5) is 17.9. The molecule has 0 unspecified atom stereocenters. The lowest BCUT2D eigenvalue weighted by Gasteiger charge is -2.28. The van der Waals surface area contributed by atoms with Gasteiger partial charge in [-0.2, -0.15) is 5.10 Å². The van der Waals surface area contributed by atoms with Crippen LogP contribution in [0.2, 0.25) is 0 Å². The predicted molar refractivity (Wildman–Crippen MR) is 106 cm³/mol. The van der Waals surface area contributed by atoms with Crippen LogP contribution in [0.25, 0.3) is 0 Å². The molecule has 8 heteroatoms. The van der Waals surface area contributed by atoms with Crippen LogP contribution in [-0.4, -0.2) is 30.8 Å². The molecular formula is C20H24N6O2. The summed E-state index contributed by atoms with van der Waals surface area (Å²) in [6.07, 6.45) is 4.21. The maximum atomic E-state index is 11.6. The molecule has 1 aliphatic heterocycles. The predicted octanol–water partition coefficient (Wildman–Crippen LogP) is 2.89. The fourth-order valence-electron chi connectivity index (χ4n) is 3.98. The van der Waals surface area contributed by atoms with E-state index in [1.165, 1.54) is 11.3 Å². The van der Waals surface area contributed by atoms with E-state index >= 15 is 0 Å². The first kappa shape index (κ1) is 18.2. The normalized spacial score (nSPS) is 13.6. The first-order chi connectivity index (χ1) is 13.6. The number of hydrogen-bond donors (Lipinski definition) is 0. The lowest BCUT2D eigenvalue weighted by molar-refractivity contribution is -0.384. The molecule has 0 saturated heterocycles. The summed E-state index contributed by atoms with van der Waals surface area (Å²) in [5, 5.41) is 16.0. The Morgan fingerprint density at radius 2 is 2.04 bits per heavy atom. The second-order valence-corrected chi connectivity index (χ2v) is 7.09. The van der Waals surface area contributed by atoms with Crippen molar-refractivity contribution in [3.8, 4) is 0 Å². The van der Waals surface area contributed by atoms with E-state index in [4.69, 9.17) is 0 Å². The van der Waals surface area contributed by atoms with Gasteiger partial charge in [0, 0.05) is 32.3 Å². The Kier molecular flexibility index (Phi) is 4.85. The largest absolute Gasteiger partial charge is 0.345 e. The molecule has 0 radical (unpaired) electrons. The highest BCUT2D eigenvalue weighted by molar-refractivity contribution is 5.62. The Morgan fingerprint density at radius 3 is 2.75 bits per heavy atom. The van der Waals surface area contributed by atoms with Crippen LogP contribution in [0.15, 0.2) is 36.7 Å². The summed E-state index contributed by atoms with van der Waals surface area (Å²) in [5.41, 5.74) is 4.18. The molecule has 0 saturated carbocycles. The Hall–Kier alpha value is -3.16. The molecule has 1 aliphatic rings. The van der Waals surface area contributed by atoms with Crippen molar-refractivity contribution >= 4 is 11.5 Å². The van der Waals surface area contributed by atoms with Gasteiger partial charge in [-0.15, -0.1) is 0 Å². The Bertz CT molecular complexity index is 992. The zero-order chi connectivity index (χ0) is 19.7. The SMILES string of the molecule is CCc1nn(C)c(N2CCc3c(ncn3CCc3ccccc3)C2)c1[N+](=O)[O-]. The molecule has 0 amide bonds. The lowest BCUT2D eigenvalue weighted by Crippen LogP contribution is -2.33. The summed E-state index contributed by atoms with van der Waals surface area (Å²) < 4.78 is 3.85. The van der Waals surface area contributed by atoms with Gasteiger partial charge in [-0.3, -0.25) is 10.1 Å². The first-order valence-corrected chi connectivity index (χ1v) is 9.60. The third-order valence-electron chi connectivity index (χ3n) is 5.36. The minimum Gasteiger partial charge on any atom is -0.345 e. The number of rotatable bonds is 6. The van der Waals surface area contributed by atoms with Gasteiger partial charge >= 0.3 is 5.69 Å². The third kappa shape index (κ3) is 3.26. The van der Waals surface area contributed by atoms with E-state index < -0.39 is 0 Å². The Balaban J connectivity index is 1.55. The number of fused-ring (bicyclic) bond motifs is 1. The Morgan fingerprint density at radius 1 is 1.25 bits per heavy atom. The molecule has 0 bridgehead atoms. The van der Waals surface area contributed by atoms with Gasteiger partial charge in [0.1, 0.15) is 5.69 Å².